The minimum atomic E-state index is 0.195. The summed E-state index contributed by atoms with van der Waals surface area (Å²) in [5.74, 6) is 1.83. The summed E-state index contributed by atoms with van der Waals surface area (Å²) in [5, 5.41) is 0. The van der Waals surface area contributed by atoms with Gasteiger partial charge in [-0.15, -0.1) is 0 Å². The lowest BCUT2D eigenvalue weighted by Gasteiger charge is -1.85. The molecule has 0 radical (unpaired) electrons. The summed E-state index contributed by atoms with van der Waals surface area (Å²) >= 11 is 0. The van der Waals surface area contributed by atoms with Crippen molar-refractivity contribution in [2.75, 3.05) is 0 Å². The summed E-state index contributed by atoms with van der Waals surface area (Å²) in [6, 6.07) is 0. The van der Waals surface area contributed by atoms with Crippen molar-refractivity contribution in [1.82, 2.24) is 0 Å². The standard InChI is InChI=1S/C4H7O2P/c1-3-4(2)6-7-5-3/h7H,1-2H3. The maximum Gasteiger partial charge on any atom is 0.274 e. The molecule has 0 spiro atoms. The molecule has 0 atom stereocenters. The Morgan fingerprint density at radius 3 is 1.71 bits per heavy atom. The van der Waals surface area contributed by atoms with Crippen molar-refractivity contribution < 1.29 is 9.05 Å². The number of allylic oxidation sites excluding steroid dienone is 2. The molecule has 0 saturated heterocycles. The Labute approximate surface area is 44.5 Å². The van der Waals surface area contributed by atoms with E-state index in [1.807, 2.05) is 13.8 Å². The zero-order valence-electron chi connectivity index (χ0n) is 4.32. The largest absolute Gasteiger partial charge is 0.442 e. The van der Waals surface area contributed by atoms with Crippen molar-refractivity contribution in [2.24, 2.45) is 0 Å². The third kappa shape index (κ3) is 0.859. The Balaban J connectivity index is 2.64. The zero-order chi connectivity index (χ0) is 5.28. The highest BCUT2D eigenvalue weighted by Crippen LogP contribution is 2.32. The van der Waals surface area contributed by atoms with Gasteiger partial charge in [0.05, 0.1) is 0 Å². The maximum absolute atomic E-state index is 4.95. The quantitative estimate of drug-likeness (QED) is 0.451. The van der Waals surface area contributed by atoms with E-state index >= 15 is 0 Å². The summed E-state index contributed by atoms with van der Waals surface area (Å²) in [6.45, 7) is 3.80. The van der Waals surface area contributed by atoms with Crippen LogP contribution < -0.4 is 0 Å². The van der Waals surface area contributed by atoms with Crippen LogP contribution in [0, 0.1) is 0 Å². The van der Waals surface area contributed by atoms with E-state index in [0.29, 0.717) is 0 Å². The van der Waals surface area contributed by atoms with Gasteiger partial charge in [0.1, 0.15) is 11.5 Å². The zero-order valence-corrected chi connectivity index (χ0v) is 5.32. The van der Waals surface area contributed by atoms with Crippen LogP contribution in [0.4, 0.5) is 0 Å². The molecule has 0 fully saturated rings. The van der Waals surface area contributed by atoms with E-state index in [4.69, 9.17) is 9.05 Å². The molecule has 3 heteroatoms. The molecule has 0 bridgehead atoms. The molecule has 2 nitrogen and oxygen atoms in total. The van der Waals surface area contributed by atoms with E-state index in [1.165, 1.54) is 0 Å². The number of hydrogen-bond donors (Lipinski definition) is 0. The van der Waals surface area contributed by atoms with E-state index in [2.05, 4.69) is 0 Å². The van der Waals surface area contributed by atoms with Crippen molar-refractivity contribution in [3.63, 3.8) is 0 Å². The Hall–Kier alpha value is -0.230. The SMILES string of the molecule is CC1=C(C)OPO1. The second-order valence-corrected chi connectivity index (χ2v) is 1.97. The molecule has 0 N–H and O–H groups in total. The molecule has 0 aliphatic carbocycles. The van der Waals surface area contributed by atoms with Crippen LogP contribution in [0.3, 0.4) is 0 Å². The smallest absolute Gasteiger partial charge is 0.274 e. The molecule has 1 aliphatic heterocycles. The van der Waals surface area contributed by atoms with Crippen molar-refractivity contribution in [2.45, 2.75) is 13.8 Å². The second-order valence-electron chi connectivity index (χ2n) is 1.40. The van der Waals surface area contributed by atoms with Crippen molar-refractivity contribution in [3.05, 3.63) is 11.5 Å². The third-order valence-electron chi connectivity index (χ3n) is 0.885. The van der Waals surface area contributed by atoms with E-state index in [-0.39, 0.29) is 9.03 Å². The molecule has 0 saturated carbocycles. The fraction of sp³-hybridized carbons (Fsp3) is 0.500. The van der Waals surface area contributed by atoms with Gasteiger partial charge in [-0.25, -0.2) is 0 Å². The van der Waals surface area contributed by atoms with Gasteiger partial charge in [0.25, 0.3) is 9.03 Å². The lowest BCUT2D eigenvalue weighted by molar-refractivity contribution is 0.469. The summed E-state index contributed by atoms with van der Waals surface area (Å²) in [6.07, 6.45) is 0. The monoisotopic (exact) mass is 118 g/mol. The van der Waals surface area contributed by atoms with Crippen molar-refractivity contribution in [3.8, 4) is 0 Å². The lowest BCUT2D eigenvalue weighted by Crippen LogP contribution is -1.70. The average molecular weight is 118 g/mol. The van der Waals surface area contributed by atoms with Gasteiger partial charge in [-0.2, -0.15) is 0 Å². The first-order valence-corrected chi connectivity index (χ1v) is 2.88. The molecule has 7 heavy (non-hydrogen) atoms. The van der Waals surface area contributed by atoms with Crippen molar-refractivity contribution >= 4 is 9.03 Å². The number of hydrogen-bond acceptors (Lipinski definition) is 2. The van der Waals surface area contributed by atoms with E-state index in [1.54, 1.807) is 0 Å². The van der Waals surface area contributed by atoms with Crippen LogP contribution in [0.5, 0.6) is 0 Å². The molecule has 0 aromatic rings. The third-order valence-corrected chi connectivity index (χ3v) is 1.66. The highest BCUT2D eigenvalue weighted by molar-refractivity contribution is 7.26. The van der Waals surface area contributed by atoms with Crippen LogP contribution in [-0.2, 0) is 9.05 Å². The Kier molecular flexibility index (Phi) is 1.20. The first kappa shape index (κ1) is 4.92. The Morgan fingerprint density at radius 2 is 1.57 bits per heavy atom. The van der Waals surface area contributed by atoms with Gasteiger partial charge in [0.15, 0.2) is 0 Å². The van der Waals surface area contributed by atoms with Gasteiger partial charge in [-0.3, -0.25) is 0 Å². The van der Waals surface area contributed by atoms with Crippen molar-refractivity contribution in [1.29, 1.82) is 0 Å². The summed E-state index contributed by atoms with van der Waals surface area (Å²) in [4.78, 5) is 0. The molecule has 1 rings (SSSR count). The fourth-order valence-corrected chi connectivity index (χ4v) is 0.869. The molecule has 1 heterocycles. The van der Waals surface area contributed by atoms with Crippen LogP contribution >= 0.6 is 9.03 Å². The Morgan fingerprint density at radius 1 is 1.14 bits per heavy atom. The van der Waals surface area contributed by atoms with Crippen LogP contribution in [0.25, 0.3) is 0 Å². The first-order chi connectivity index (χ1) is 3.30. The highest BCUT2D eigenvalue weighted by Gasteiger charge is 2.06. The molecule has 1 aliphatic rings. The number of rotatable bonds is 0. The molecule has 40 valence electrons. The van der Waals surface area contributed by atoms with Crippen LogP contribution in [-0.4, -0.2) is 0 Å². The molecule has 0 amide bonds. The lowest BCUT2D eigenvalue weighted by atomic mass is 10.5. The predicted molar refractivity (Wildman–Crippen MR) is 28.9 cm³/mol. The van der Waals surface area contributed by atoms with E-state index < -0.39 is 0 Å². The summed E-state index contributed by atoms with van der Waals surface area (Å²) in [7, 11) is 0.195. The topological polar surface area (TPSA) is 18.5 Å². The molecule has 0 unspecified atom stereocenters. The second kappa shape index (κ2) is 1.71. The van der Waals surface area contributed by atoms with E-state index in [9.17, 15) is 0 Å². The van der Waals surface area contributed by atoms with Crippen LogP contribution in [0.1, 0.15) is 13.8 Å². The Bertz CT molecular complexity index is 96.3. The van der Waals surface area contributed by atoms with Gasteiger partial charge in [-0.1, -0.05) is 0 Å². The minimum Gasteiger partial charge on any atom is -0.442 e. The van der Waals surface area contributed by atoms with Crippen LogP contribution in [0.2, 0.25) is 0 Å². The highest BCUT2D eigenvalue weighted by atomic mass is 31.1. The fourth-order valence-electron chi connectivity index (χ4n) is 0.290. The normalized spacial score (nSPS) is 19.1. The summed E-state index contributed by atoms with van der Waals surface area (Å²) < 4.78 is 9.90. The molecular formula is C4H7O2P. The van der Waals surface area contributed by atoms with E-state index in [0.717, 1.165) is 11.5 Å². The first-order valence-electron chi connectivity index (χ1n) is 2.07. The van der Waals surface area contributed by atoms with Gasteiger partial charge < -0.3 is 9.05 Å². The molecular weight excluding hydrogens is 111 g/mol. The maximum atomic E-state index is 4.95. The van der Waals surface area contributed by atoms with Gasteiger partial charge >= 0.3 is 0 Å². The predicted octanol–water partition coefficient (Wildman–Crippen LogP) is 1.79. The average Bonchev–Trinajstić information content (AvgIpc) is 1.91. The minimum absolute atomic E-state index is 0.195. The van der Waals surface area contributed by atoms with Gasteiger partial charge in [0, 0.05) is 0 Å². The van der Waals surface area contributed by atoms with Gasteiger partial charge in [0.2, 0.25) is 0 Å². The van der Waals surface area contributed by atoms with Crippen LogP contribution in [0.15, 0.2) is 11.5 Å². The molecule has 0 aromatic carbocycles. The molecule has 0 aromatic heterocycles. The summed E-state index contributed by atoms with van der Waals surface area (Å²) in [5.41, 5.74) is 0. The van der Waals surface area contributed by atoms with Gasteiger partial charge in [-0.05, 0) is 13.8 Å².